The van der Waals surface area contributed by atoms with Gasteiger partial charge in [-0.2, -0.15) is 0 Å². The minimum atomic E-state index is 0.391. The molecule has 0 aromatic carbocycles. The lowest BCUT2D eigenvalue weighted by atomic mass is 10.00. The summed E-state index contributed by atoms with van der Waals surface area (Å²) in [4.78, 5) is 4.36. The highest BCUT2D eigenvalue weighted by molar-refractivity contribution is 5.42. The molecule has 0 amide bonds. The second kappa shape index (κ2) is 7.45. The summed E-state index contributed by atoms with van der Waals surface area (Å²) >= 11 is 0. The van der Waals surface area contributed by atoms with Gasteiger partial charge < -0.3 is 19.5 Å². The molecule has 1 fully saturated rings. The molecule has 2 rings (SSSR count). The van der Waals surface area contributed by atoms with Gasteiger partial charge in [-0.1, -0.05) is 6.92 Å². The van der Waals surface area contributed by atoms with Crippen molar-refractivity contribution < 1.29 is 14.2 Å². The first-order valence-electron chi connectivity index (χ1n) is 7.18. The number of ether oxygens (including phenoxy) is 3. The molecule has 0 bridgehead atoms. The molecule has 0 aliphatic carbocycles. The van der Waals surface area contributed by atoms with Gasteiger partial charge in [-0.15, -0.1) is 0 Å². The van der Waals surface area contributed by atoms with E-state index in [1.165, 1.54) is 0 Å². The van der Waals surface area contributed by atoms with Crippen LogP contribution in [0.15, 0.2) is 12.3 Å². The standard InChI is InChI=1S/C15H24N2O3/c1-4-13-11(6-8-20-13)9-16-10-12-15(19-3)14(18-2)5-7-17-12/h5,7,11,13,16H,4,6,8-10H2,1-3H3. The number of nitrogens with one attached hydrogen (secondary N) is 1. The maximum absolute atomic E-state index is 5.70. The van der Waals surface area contributed by atoms with Crippen molar-refractivity contribution >= 4 is 0 Å². The molecular weight excluding hydrogens is 256 g/mol. The number of hydrogen-bond donors (Lipinski definition) is 1. The second-order valence-corrected chi connectivity index (χ2v) is 4.99. The fraction of sp³-hybridized carbons (Fsp3) is 0.667. The van der Waals surface area contributed by atoms with E-state index >= 15 is 0 Å². The first kappa shape index (κ1) is 15.1. The molecule has 1 aromatic heterocycles. The van der Waals surface area contributed by atoms with E-state index in [9.17, 15) is 0 Å². The summed E-state index contributed by atoms with van der Waals surface area (Å²) in [6.07, 6.45) is 4.34. The van der Waals surface area contributed by atoms with Crippen LogP contribution in [-0.4, -0.2) is 38.5 Å². The SMILES string of the molecule is CCC1OCCC1CNCc1nccc(OC)c1OC. The highest BCUT2D eigenvalue weighted by Gasteiger charge is 2.26. The van der Waals surface area contributed by atoms with Crippen LogP contribution in [0.1, 0.15) is 25.5 Å². The third-order valence-electron chi connectivity index (χ3n) is 3.81. The lowest BCUT2D eigenvalue weighted by Gasteiger charge is -2.18. The maximum atomic E-state index is 5.70. The average Bonchev–Trinajstić information content (AvgIpc) is 2.94. The second-order valence-electron chi connectivity index (χ2n) is 4.99. The van der Waals surface area contributed by atoms with Gasteiger partial charge in [0.2, 0.25) is 0 Å². The summed E-state index contributed by atoms with van der Waals surface area (Å²) in [5.74, 6) is 2.02. The summed E-state index contributed by atoms with van der Waals surface area (Å²) < 4.78 is 16.4. The summed E-state index contributed by atoms with van der Waals surface area (Å²) in [6.45, 7) is 4.68. The molecule has 1 aromatic rings. The van der Waals surface area contributed by atoms with E-state index < -0.39 is 0 Å². The first-order chi connectivity index (χ1) is 9.80. The monoisotopic (exact) mass is 280 g/mol. The number of hydrogen-bond acceptors (Lipinski definition) is 5. The Morgan fingerprint density at radius 3 is 2.95 bits per heavy atom. The Bertz CT molecular complexity index is 426. The molecule has 0 radical (unpaired) electrons. The molecule has 2 unspecified atom stereocenters. The molecule has 0 spiro atoms. The lowest BCUT2D eigenvalue weighted by Crippen LogP contribution is -2.28. The van der Waals surface area contributed by atoms with Crippen LogP contribution in [0.25, 0.3) is 0 Å². The van der Waals surface area contributed by atoms with Crippen LogP contribution < -0.4 is 14.8 Å². The largest absolute Gasteiger partial charge is 0.493 e. The van der Waals surface area contributed by atoms with Crippen molar-refractivity contribution in [2.45, 2.75) is 32.4 Å². The maximum Gasteiger partial charge on any atom is 0.183 e. The third kappa shape index (κ3) is 3.41. The quantitative estimate of drug-likeness (QED) is 0.828. The van der Waals surface area contributed by atoms with Gasteiger partial charge in [0.1, 0.15) is 0 Å². The Kier molecular flexibility index (Phi) is 5.61. The zero-order valence-corrected chi connectivity index (χ0v) is 12.5. The predicted molar refractivity (Wildman–Crippen MR) is 77.2 cm³/mol. The minimum Gasteiger partial charge on any atom is -0.493 e. The molecule has 0 saturated carbocycles. The van der Waals surface area contributed by atoms with Gasteiger partial charge in [-0.05, 0) is 18.8 Å². The fourth-order valence-electron chi connectivity index (χ4n) is 2.73. The highest BCUT2D eigenvalue weighted by atomic mass is 16.5. The van der Waals surface area contributed by atoms with Gasteiger partial charge >= 0.3 is 0 Å². The highest BCUT2D eigenvalue weighted by Crippen LogP contribution is 2.29. The van der Waals surface area contributed by atoms with Gasteiger partial charge in [0.05, 0.1) is 26.0 Å². The van der Waals surface area contributed by atoms with Crippen molar-refractivity contribution in [3.8, 4) is 11.5 Å². The van der Waals surface area contributed by atoms with Crippen molar-refractivity contribution in [3.63, 3.8) is 0 Å². The van der Waals surface area contributed by atoms with Crippen LogP contribution >= 0.6 is 0 Å². The van der Waals surface area contributed by atoms with Crippen molar-refractivity contribution in [3.05, 3.63) is 18.0 Å². The van der Waals surface area contributed by atoms with E-state index in [1.807, 2.05) is 0 Å². The van der Waals surface area contributed by atoms with E-state index in [0.717, 1.165) is 37.4 Å². The molecular formula is C15H24N2O3. The molecule has 2 heterocycles. The topological polar surface area (TPSA) is 52.6 Å². The number of pyridine rings is 1. The molecule has 1 saturated heterocycles. The number of nitrogens with zero attached hydrogens (tertiary/aromatic N) is 1. The number of methoxy groups -OCH3 is 2. The van der Waals surface area contributed by atoms with Crippen LogP contribution in [0.5, 0.6) is 11.5 Å². The zero-order valence-electron chi connectivity index (χ0n) is 12.5. The number of aromatic nitrogens is 1. The average molecular weight is 280 g/mol. The molecule has 1 aliphatic rings. The van der Waals surface area contributed by atoms with Gasteiger partial charge in [-0.25, -0.2) is 0 Å². The third-order valence-corrected chi connectivity index (χ3v) is 3.81. The van der Waals surface area contributed by atoms with Crippen LogP contribution in [0.3, 0.4) is 0 Å². The van der Waals surface area contributed by atoms with Crippen molar-refractivity contribution in [2.24, 2.45) is 5.92 Å². The fourth-order valence-corrected chi connectivity index (χ4v) is 2.73. The molecule has 112 valence electrons. The minimum absolute atomic E-state index is 0.391. The zero-order chi connectivity index (χ0) is 14.4. The summed E-state index contributed by atoms with van der Waals surface area (Å²) in [6, 6.07) is 1.81. The Labute approximate surface area is 120 Å². The Balaban J connectivity index is 1.91. The van der Waals surface area contributed by atoms with E-state index in [-0.39, 0.29) is 0 Å². The molecule has 1 N–H and O–H groups in total. The van der Waals surface area contributed by atoms with Gasteiger partial charge in [0, 0.05) is 32.0 Å². The first-order valence-corrected chi connectivity index (χ1v) is 7.18. The summed E-state index contributed by atoms with van der Waals surface area (Å²) in [7, 11) is 3.28. The van der Waals surface area contributed by atoms with Crippen molar-refractivity contribution in [1.29, 1.82) is 0 Å². The van der Waals surface area contributed by atoms with E-state index in [4.69, 9.17) is 14.2 Å². The van der Waals surface area contributed by atoms with Crippen molar-refractivity contribution in [1.82, 2.24) is 10.3 Å². The predicted octanol–water partition coefficient (Wildman–Crippen LogP) is 2.00. The lowest BCUT2D eigenvalue weighted by molar-refractivity contribution is 0.0872. The normalized spacial score (nSPS) is 21.9. The van der Waals surface area contributed by atoms with Crippen molar-refractivity contribution in [2.75, 3.05) is 27.4 Å². The van der Waals surface area contributed by atoms with Gasteiger partial charge in [-0.3, -0.25) is 4.98 Å². The van der Waals surface area contributed by atoms with Gasteiger partial charge in [0.25, 0.3) is 0 Å². The molecule has 20 heavy (non-hydrogen) atoms. The Morgan fingerprint density at radius 2 is 2.25 bits per heavy atom. The molecule has 1 aliphatic heterocycles. The van der Waals surface area contributed by atoms with Gasteiger partial charge in [0.15, 0.2) is 11.5 Å². The van der Waals surface area contributed by atoms with Crippen LogP contribution in [0.2, 0.25) is 0 Å². The Hall–Kier alpha value is -1.33. The van der Waals surface area contributed by atoms with Crippen LogP contribution in [-0.2, 0) is 11.3 Å². The van der Waals surface area contributed by atoms with E-state index in [0.29, 0.717) is 24.3 Å². The summed E-state index contributed by atoms with van der Waals surface area (Å²) in [5.41, 5.74) is 0.874. The van der Waals surface area contributed by atoms with Crippen LogP contribution in [0.4, 0.5) is 0 Å². The Morgan fingerprint density at radius 1 is 1.40 bits per heavy atom. The van der Waals surface area contributed by atoms with Crippen LogP contribution in [0, 0.1) is 5.92 Å². The number of rotatable bonds is 7. The molecule has 5 nitrogen and oxygen atoms in total. The summed E-state index contributed by atoms with van der Waals surface area (Å²) in [5, 5.41) is 3.46. The van der Waals surface area contributed by atoms with E-state index in [1.54, 1.807) is 26.5 Å². The van der Waals surface area contributed by atoms with E-state index in [2.05, 4.69) is 17.2 Å². The smallest absolute Gasteiger partial charge is 0.183 e. The molecule has 2 atom stereocenters. The molecule has 5 heteroatoms.